The van der Waals surface area contributed by atoms with Gasteiger partial charge in [-0.1, -0.05) is 0 Å². The van der Waals surface area contributed by atoms with E-state index in [4.69, 9.17) is 4.74 Å². The summed E-state index contributed by atoms with van der Waals surface area (Å²) in [6, 6.07) is 3.51. The van der Waals surface area contributed by atoms with Crippen LogP contribution in [0.25, 0.3) is 0 Å². The maximum Gasteiger partial charge on any atom is 0.416 e. The maximum absolute atomic E-state index is 15.1. The van der Waals surface area contributed by atoms with Crippen molar-refractivity contribution in [2.45, 2.75) is 50.0 Å². The van der Waals surface area contributed by atoms with Crippen molar-refractivity contribution in [2.24, 2.45) is 0 Å². The van der Waals surface area contributed by atoms with E-state index >= 15 is 4.39 Å². The van der Waals surface area contributed by atoms with Crippen molar-refractivity contribution in [2.75, 3.05) is 44.3 Å². The number of alkyl halides is 4. The zero-order chi connectivity index (χ0) is 23.1. The average Bonchev–Trinajstić information content (AvgIpc) is 2.95. The van der Waals surface area contributed by atoms with E-state index in [2.05, 4.69) is 0 Å². The molecule has 10 heteroatoms. The normalized spacial score (nSPS) is 23.9. The number of piperidine rings is 1. The van der Waals surface area contributed by atoms with Crippen LogP contribution in [0.1, 0.15) is 38.2 Å². The first-order valence-corrected chi connectivity index (χ1v) is 10.9. The van der Waals surface area contributed by atoms with Gasteiger partial charge in [0.15, 0.2) is 0 Å². The smallest absolute Gasteiger partial charge is 0.381 e. The summed E-state index contributed by atoms with van der Waals surface area (Å²) in [5.41, 5.74) is -3.08. The molecule has 3 aliphatic heterocycles. The highest BCUT2D eigenvalue weighted by Crippen LogP contribution is 2.41. The zero-order valence-electron chi connectivity index (χ0n) is 18.0. The summed E-state index contributed by atoms with van der Waals surface area (Å²) in [4.78, 5) is 31.0. The van der Waals surface area contributed by atoms with Gasteiger partial charge in [-0.3, -0.25) is 9.69 Å². The molecule has 3 heterocycles. The Morgan fingerprint density at radius 2 is 1.59 bits per heavy atom. The van der Waals surface area contributed by atoms with Gasteiger partial charge in [-0.2, -0.15) is 13.2 Å². The Labute approximate surface area is 184 Å². The molecule has 176 valence electrons. The third kappa shape index (κ3) is 3.98. The summed E-state index contributed by atoms with van der Waals surface area (Å²) in [5, 5.41) is 0. The SMILES string of the molecule is CCN1C(=O)N(c2ccc(C(F)(F)F)cc2)C(=O)C12CCN(CC1(F)CCOCC1)CC2. The Morgan fingerprint density at radius 3 is 2.12 bits per heavy atom. The highest BCUT2D eigenvalue weighted by Gasteiger charge is 2.58. The number of nitrogens with zero attached hydrogens (tertiary/aromatic N) is 3. The topological polar surface area (TPSA) is 53.1 Å². The molecule has 0 bridgehead atoms. The minimum Gasteiger partial charge on any atom is -0.381 e. The van der Waals surface area contributed by atoms with Crippen molar-refractivity contribution in [3.05, 3.63) is 29.8 Å². The molecule has 0 atom stereocenters. The molecular formula is C22H27F4N3O3. The van der Waals surface area contributed by atoms with Crippen LogP contribution in [0.5, 0.6) is 0 Å². The monoisotopic (exact) mass is 457 g/mol. The summed E-state index contributed by atoms with van der Waals surface area (Å²) >= 11 is 0. The van der Waals surface area contributed by atoms with E-state index in [1.165, 1.54) is 4.90 Å². The lowest BCUT2D eigenvalue weighted by Crippen LogP contribution is -2.58. The highest BCUT2D eigenvalue weighted by atomic mass is 19.4. The molecule has 1 spiro atoms. The van der Waals surface area contributed by atoms with Crippen LogP contribution in [0, 0.1) is 0 Å². The Kier molecular flexibility index (Phi) is 5.96. The minimum absolute atomic E-state index is 0.121. The number of urea groups is 1. The van der Waals surface area contributed by atoms with Crippen molar-refractivity contribution in [1.82, 2.24) is 9.80 Å². The number of benzene rings is 1. The molecule has 0 aliphatic carbocycles. The zero-order valence-corrected chi connectivity index (χ0v) is 18.0. The van der Waals surface area contributed by atoms with Gasteiger partial charge in [0.25, 0.3) is 5.91 Å². The number of imide groups is 1. The van der Waals surface area contributed by atoms with E-state index < -0.39 is 34.9 Å². The number of hydrogen-bond acceptors (Lipinski definition) is 4. The van der Waals surface area contributed by atoms with Crippen LogP contribution >= 0.6 is 0 Å². The summed E-state index contributed by atoms with van der Waals surface area (Å²) in [6.45, 7) is 4.05. The summed E-state index contributed by atoms with van der Waals surface area (Å²) in [5.74, 6) is -0.426. The first kappa shape index (κ1) is 23.0. The molecule has 1 aromatic rings. The second-order valence-electron chi connectivity index (χ2n) is 8.78. The molecule has 32 heavy (non-hydrogen) atoms. The Balaban J connectivity index is 1.51. The molecule has 3 amide bonds. The fourth-order valence-electron chi connectivity index (χ4n) is 5.04. The molecule has 0 saturated carbocycles. The Bertz CT molecular complexity index is 860. The largest absolute Gasteiger partial charge is 0.416 e. The van der Waals surface area contributed by atoms with E-state index in [0.717, 1.165) is 29.2 Å². The van der Waals surface area contributed by atoms with Gasteiger partial charge in [-0.05, 0) is 44.0 Å². The number of carbonyl (C=O) groups excluding carboxylic acids is 2. The van der Waals surface area contributed by atoms with E-state index in [9.17, 15) is 22.8 Å². The predicted molar refractivity (Wildman–Crippen MR) is 109 cm³/mol. The molecule has 0 N–H and O–H groups in total. The van der Waals surface area contributed by atoms with Crippen LogP contribution in [-0.2, 0) is 15.7 Å². The Hall–Kier alpha value is -2.20. The van der Waals surface area contributed by atoms with Crippen molar-refractivity contribution >= 4 is 17.6 Å². The number of likely N-dealkylation sites (tertiary alicyclic amines) is 1. The average molecular weight is 457 g/mol. The predicted octanol–water partition coefficient (Wildman–Crippen LogP) is 3.85. The number of rotatable bonds is 4. The highest BCUT2D eigenvalue weighted by molar-refractivity contribution is 6.23. The number of carbonyl (C=O) groups is 2. The summed E-state index contributed by atoms with van der Waals surface area (Å²) in [7, 11) is 0. The lowest BCUT2D eigenvalue weighted by Gasteiger charge is -2.44. The lowest BCUT2D eigenvalue weighted by molar-refractivity contribution is -0.137. The van der Waals surface area contributed by atoms with Gasteiger partial charge in [0, 0.05) is 52.2 Å². The van der Waals surface area contributed by atoms with Gasteiger partial charge in [-0.15, -0.1) is 0 Å². The number of amides is 3. The van der Waals surface area contributed by atoms with Crippen LogP contribution in [0.2, 0.25) is 0 Å². The van der Waals surface area contributed by atoms with Crippen molar-refractivity contribution in [3.63, 3.8) is 0 Å². The van der Waals surface area contributed by atoms with Crippen LogP contribution < -0.4 is 4.90 Å². The van der Waals surface area contributed by atoms with Crippen LogP contribution in [-0.4, -0.2) is 72.3 Å². The molecule has 0 radical (unpaired) electrons. The third-order valence-electron chi connectivity index (χ3n) is 6.89. The van der Waals surface area contributed by atoms with E-state index in [0.29, 0.717) is 58.5 Å². The molecule has 3 saturated heterocycles. The molecular weight excluding hydrogens is 430 g/mol. The fourth-order valence-corrected chi connectivity index (χ4v) is 5.04. The van der Waals surface area contributed by atoms with Crippen LogP contribution in [0.3, 0.4) is 0 Å². The molecule has 0 aromatic heterocycles. The molecule has 3 fully saturated rings. The van der Waals surface area contributed by atoms with E-state index in [1.54, 1.807) is 6.92 Å². The van der Waals surface area contributed by atoms with Gasteiger partial charge >= 0.3 is 12.2 Å². The number of likely N-dealkylation sites (N-methyl/N-ethyl adjacent to an activating group) is 1. The lowest BCUT2D eigenvalue weighted by atomic mass is 9.84. The van der Waals surface area contributed by atoms with E-state index in [-0.39, 0.29) is 12.2 Å². The van der Waals surface area contributed by atoms with E-state index in [1.807, 2.05) is 4.90 Å². The quantitative estimate of drug-likeness (QED) is 0.509. The van der Waals surface area contributed by atoms with Gasteiger partial charge in [0.05, 0.1) is 11.3 Å². The first-order chi connectivity index (χ1) is 15.1. The second kappa shape index (κ2) is 8.30. The molecule has 4 rings (SSSR count). The standard InChI is InChI=1S/C22H27F4N3O3/c1-2-28-19(31)29(17-5-3-16(4-6-17)22(24,25)26)18(30)21(28)7-11-27(12-8-21)15-20(23)9-13-32-14-10-20/h3-6H,2,7-15H2,1H3. The molecule has 6 nitrogen and oxygen atoms in total. The summed E-state index contributed by atoms with van der Waals surface area (Å²) in [6.07, 6.45) is -3.10. The van der Waals surface area contributed by atoms with Crippen LogP contribution in [0.4, 0.5) is 28.0 Å². The molecule has 3 aliphatic rings. The number of ether oxygens (including phenoxy) is 1. The Morgan fingerprint density at radius 1 is 1.00 bits per heavy atom. The third-order valence-corrected chi connectivity index (χ3v) is 6.89. The molecule has 0 unspecified atom stereocenters. The van der Waals surface area contributed by atoms with Crippen molar-refractivity contribution in [1.29, 1.82) is 0 Å². The van der Waals surface area contributed by atoms with Gasteiger partial charge in [0.1, 0.15) is 11.2 Å². The minimum atomic E-state index is -4.50. The van der Waals surface area contributed by atoms with Gasteiger partial charge < -0.3 is 9.64 Å². The summed E-state index contributed by atoms with van der Waals surface area (Å²) < 4.78 is 59.0. The fraction of sp³-hybridized carbons (Fsp3) is 0.636. The number of anilines is 1. The number of hydrogen-bond donors (Lipinski definition) is 0. The second-order valence-corrected chi connectivity index (χ2v) is 8.78. The van der Waals surface area contributed by atoms with Crippen molar-refractivity contribution < 1.29 is 31.9 Å². The maximum atomic E-state index is 15.1. The molecule has 1 aromatic carbocycles. The number of halogens is 4. The van der Waals surface area contributed by atoms with Crippen molar-refractivity contribution in [3.8, 4) is 0 Å². The van der Waals surface area contributed by atoms with Gasteiger partial charge in [0.2, 0.25) is 0 Å². The first-order valence-electron chi connectivity index (χ1n) is 10.9. The van der Waals surface area contributed by atoms with Crippen LogP contribution in [0.15, 0.2) is 24.3 Å². The van der Waals surface area contributed by atoms with Gasteiger partial charge in [-0.25, -0.2) is 14.1 Å².